The van der Waals surface area contributed by atoms with Crippen molar-refractivity contribution in [3.63, 3.8) is 0 Å². The Labute approximate surface area is 84.7 Å². The van der Waals surface area contributed by atoms with Gasteiger partial charge in [-0.1, -0.05) is 5.11 Å². The average molecular weight is 214 g/mol. The minimum Gasteiger partial charge on any atom is -0.480 e. The molecule has 1 rings (SSSR count). The first-order chi connectivity index (χ1) is 7.06. The fourth-order valence-electron chi connectivity index (χ4n) is 1.59. The van der Waals surface area contributed by atoms with Crippen molar-refractivity contribution in [3.8, 4) is 0 Å². The van der Waals surface area contributed by atoms with E-state index < -0.39 is 24.1 Å². The van der Waals surface area contributed by atoms with Crippen LogP contribution in [0.2, 0.25) is 0 Å². The first kappa shape index (κ1) is 11.1. The van der Waals surface area contributed by atoms with E-state index >= 15 is 0 Å². The highest BCUT2D eigenvalue weighted by Crippen LogP contribution is 2.20. The molecule has 1 aliphatic heterocycles. The van der Waals surface area contributed by atoms with Gasteiger partial charge >= 0.3 is 12.1 Å². The molecular weight excluding hydrogens is 204 g/mol. The van der Waals surface area contributed by atoms with Gasteiger partial charge < -0.3 is 10.2 Å². The van der Waals surface area contributed by atoms with Crippen LogP contribution in [-0.4, -0.2) is 45.8 Å². The zero-order valence-electron chi connectivity index (χ0n) is 7.78. The molecule has 1 saturated heterocycles. The topological polar surface area (TPSA) is 127 Å². The Hall–Kier alpha value is -1.95. The number of hydrogen-bond acceptors (Lipinski definition) is 3. The van der Waals surface area contributed by atoms with Crippen LogP contribution in [0.15, 0.2) is 5.11 Å². The minimum atomic E-state index is -1.26. The second-order valence-corrected chi connectivity index (χ2v) is 3.21. The van der Waals surface area contributed by atoms with Gasteiger partial charge in [0.2, 0.25) is 0 Å². The molecule has 2 atom stereocenters. The zero-order valence-corrected chi connectivity index (χ0v) is 7.78. The maximum absolute atomic E-state index is 10.8. The highest BCUT2D eigenvalue weighted by atomic mass is 16.4. The number of nitrogens with zero attached hydrogens (tertiary/aromatic N) is 4. The summed E-state index contributed by atoms with van der Waals surface area (Å²) < 4.78 is 0. The third-order valence-electron chi connectivity index (χ3n) is 2.32. The first-order valence-corrected chi connectivity index (χ1v) is 4.33. The van der Waals surface area contributed by atoms with E-state index in [1.807, 2.05) is 0 Å². The SMILES string of the molecule is [N-]=[N+]=N[C@H]1CCN(C(=O)O)[C@@H](C(=O)O)C1. The van der Waals surface area contributed by atoms with Crippen LogP contribution in [0.25, 0.3) is 10.4 Å². The largest absolute Gasteiger partial charge is 0.480 e. The molecule has 15 heavy (non-hydrogen) atoms. The van der Waals surface area contributed by atoms with Crippen LogP contribution < -0.4 is 0 Å². The number of aliphatic carboxylic acids is 1. The number of carboxylic acid groups (broad SMARTS) is 2. The second kappa shape index (κ2) is 4.52. The first-order valence-electron chi connectivity index (χ1n) is 4.33. The monoisotopic (exact) mass is 214 g/mol. The van der Waals surface area contributed by atoms with Gasteiger partial charge in [0.15, 0.2) is 0 Å². The maximum atomic E-state index is 10.8. The Bertz CT molecular complexity index is 325. The molecule has 0 aromatic carbocycles. The predicted molar refractivity (Wildman–Crippen MR) is 48.3 cm³/mol. The van der Waals surface area contributed by atoms with Gasteiger partial charge in [0, 0.05) is 17.5 Å². The van der Waals surface area contributed by atoms with E-state index in [1.54, 1.807) is 0 Å². The number of piperidine rings is 1. The molecule has 0 spiro atoms. The zero-order chi connectivity index (χ0) is 11.4. The second-order valence-electron chi connectivity index (χ2n) is 3.21. The van der Waals surface area contributed by atoms with Crippen molar-refractivity contribution in [2.24, 2.45) is 5.11 Å². The number of likely N-dealkylation sites (tertiary alicyclic amines) is 1. The molecule has 2 N–H and O–H groups in total. The van der Waals surface area contributed by atoms with Crippen molar-refractivity contribution in [1.82, 2.24) is 4.90 Å². The van der Waals surface area contributed by atoms with Gasteiger partial charge in [-0.05, 0) is 18.4 Å². The number of rotatable bonds is 2. The van der Waals surface area contributed by atoms with Gasteiger partial charge in [0.1, 0.15) is 6.04 Å². The summed E-state index contributed by atoms with van der Waals surface area (Å²) in [6.07, 6.45) is -0.868. The van der Waals surface area contributed by atoms with E-state index in [1.165, 1.54) is 0 Å². The molecule has 1 amide bonds. The summed E-state index contributed by atoms with van der Waals surface area (Å²) in [4.78, 5) is 24.9. The third-order valence-corrected chi connectivity index (χ3v) is 2.32. The van der Waals surface area contributed by atoms with Crippen molar-refractivity contribution in [2.75, 3.05) is 6.54 Å². The van der Waals surface area contributed by atoms with Gasteiger partial charge in [-0.25, -0.2) is 9.59 Å². The number of azide groups is 1. The molecule has 0 radical (unpaired) electrons. The van der Waals surface area contributed by atoms with E-state index in [4.69, 9.17) is 15.7 Å². The lowest BCUT2D eigenvalue weighted by Gasteiger charge is -2.33. The number of hydrogen-bond donors (Lipinski definition) is 2. The molecule has 0 saturated carbocycles. The Balaban J connectivity index is 2.77. The van der Waals surface area contributed by atoms with Crippen LogP contribution in [0.5, 0.6) is 0 Å². The van der Waals surface area contributed by atoms with Crippen LogP contribution in [-0.2, 0) is 4.79 Å². The van der Waals surface area contributed by atoms with E-state index in [0.717, 1.165) is 4.90 Å². The summed E-state index contributed by atoms with van der Waals surface area (Å²) in [5.74, 6) is -1.21. The van der Waals surface area contributed by atoms with Crippen molar-refractivity contribution >= 4 is 12.1 Å². The number of carbonyl (C=O) groups is 2. The molecule has 8 nitrogen and oxygen atoms in total. The van der Waals surface area contributed by atoms with Gasteiger partial charge in [0.05, 0.1) is 0 Å². The van der Waals surface area contributed by atoms with Crippen LogP contribution in [0.3, 0.4) is 0 Å². The van der Waals surface area contributed by atoms with E-state index in [2.05, 4.69) is 10.0 Å². The Kier molecular flexibility index (Phi) is 3.35. The minimum absolute atomic E-state index is 0.0334. The Morgan fingerprint density at radius 2 is 2.13 bits per heavy atom. The van der Waals surface area contributed by atoms with Crippen LogP contribution in [0, 0.1) is 0 Å². The lowest BCUT2D eigenvalue weighted by Crippen LogP contribution is -2.50. The summed E-state index contributed by atoms with van der Waals surface area (Å²) in [5.41, 5.74) is 8.20. The lowest BCUT2D eigenvalue weighted by atomic mass is 9.98. The molecule has 0 bridgehead atoms. The van der Waals surface area contributed by atoms with Gasteiger partial charge in [-0.15, -0.1) is 0 Å². The molecule has 82 valence electrons. The predicted octanol–water partition coefficient (Wildman–Crippen LogP) is 0.892. The maximum Gasteiger partial charge on any atom is 0.408 e. The van der Waals surface area contributed by atoms with E-state index in [9.17, 15) is 9.59 Å². The van der Waals surface area contributed by atoms with E-state index in [-0.39, 0.29) is 13.0 Å². The fourth-order valence-corrected chi connectivity index (χ4v) is 1.59. The molecular formula is C7H10N4O4. The smallest absolute Gasteiger partial charge is 0.408 e. The third kappa shape index (κ3) is 2.50. The van der Waals surface area contributed by atoms with Gasteiger partial charge in [-0.2, -0.15) is 0 Å². The van der Waals surface area contributed by atoms with E-state index in [0.29, 0.717) is 6.42 Å². The highest BCUT2D eigenvalue weighted by Gasteiger charge is 2.35. The number of amides is 1. The summed E-state index contributed by atoms with van der Waals surface area (Å²) in [6.45, 7) is 0.0794. The molecule has 8 heteroatoms. The molecule has 1 fully saturated rings. The van der Waals surface area contributed by atoms with Crippen LogP contribution in [0.1, 0.15) is 12.8 Å². The molecule has 0 aromatic rings. The van der Waals surface area contributed by atoms with Crippen LogP contribution in [0.4, 0.5) is 4.79 Å². The van der Waals surface area contributed by atoms with Gasteiger partial charge in [0.25, 0.3) is 0 Å². The molecule has 0 unspecified atom stereocenters. The lowest BCUT2D eigenvalue weighted by molar-refractivity contribution is -0.143. The van der Waals surface area contributed by atoms with Crippen molar-refractivity contribution < 1.29 is 19.8 Å². The summed E-state index contributed by atoms with van der Waals surface area (Å²) in [5, 5.41) is 20.9. The van der Waals surface area contributed by atoms with Crippen molar-refractivity contribution in [2.45, 2.75) is 24.9 Å². The molecule has 0 aliphatic carbocycles. The number of carboxylic acids is 1. The quantitative estimate of drug-likeness (QED) is 0.402. The van der Waals surface area contributed by atoms with Gasteiger partial charge in [-0.3, -0.25) is 4.90 Å². The summed E-state index contributed by atoms with van der Waals surface area (Å²) in [7, 11) is 0. The summed E-state index contributed by atoms with van der Waals surface area (Å²) in [6, 6.07) is -1.56. The Morgan fingerprint density at radius 3 is 2.60 bits per heavy atom. The summed E-state index contributed by atoms with van der Waals surface area (Å²) >= 11 is 0. The molecule has 0 aromatic heterocycles. The fraction of sp³-hybridized carbons (Fsp3) is 0.714. The van der Waals surface area contributed by atoms with Crippen molar-refractivity contribution in [1.29, 1.82) is 0 Å². The van der Waals surface area contributed by atoms with Crippen LogP contribution >= 0.6 is 0 Å². The average Bonchev–Trinajstić information content (AvgIpc) is 2.17. The standard InChI is InChI=1S/C7H10N4O4/c8-10-9-4-1-2-11(7(14)15)5(3-4)6(12)13/h4-5H,1-3H2,(H,12,13)(H,14,15)/t4-,5+/m0/s1. The molecule has 1 heterocycles. The van der Waals surface area contributed by atoms with Crippen molar-refractivity contribution in [3.05, 3.63) is 10.4 Å². The highest BCUT2D eigenvalue weighted by molar-refractivity contribution is 5.79. The Morgan fingerprint density at radius 1 is 1.47 bits per heavy atom. The molecule has 1 aliphatic rings. The normalized spacial score (nSPS) is 25.5.